The van der Waals surface area contributed by atoms with E-state index in [9.17, 15) is 8.78 Å². The van der Waals surface area contributed by atoms with Gasteiger partial charge in [-0.05, 0) is 6.07 Å². The molecule has 1 aromatic rings. The standard InChI is InChI=1S/C10H11F2NO.ClH/c11-7-1-2-8(9(12)5-7)10-6-13-3-4-14-10;/h1-2,5,10,13H,3-4,6H2;1H. The Kier molecular flexibility index (Phi) is 4.45. The average Bonchev–Trinajstić information content (AvgIpc) is 2.19. The minimum atomic E-state index is -0.560. The maximum atomic E-state index is 13.3. The summed E-state index contributed by atoms with van der Waals surface area (Å²) in [6.07, 6.45) is -0.302. The van der Waals surface area contributed by atoms with E-state index in [0.29, 0.717) is 18.7 Å². The van der Waals surface area contributed by atoms with Crippen molar-refractivity contribution in [2.75, 3.05) is 19.7 Å². The van der Waals surface area contributed by atoms with Crippen molar-refractivity contribution < 1.29 is 13.5 Å². The Morgan fingerprint density at radius 1 is 1.33 bits per heavy atom. The highest BCUT2D eigenvalue weighted by Crippen LogP contribution is 2.22. The number of benzene rings is 1. The lowest BCUT2D eigenvalue weighted by molar-refractivity contribution is 0.0255. The molecule has 1 atom stereocenters. The van der Waals surface area contributed by atoms with Crippen molar-refractivity contribution in [2.45, 2.75) is 6.10 Å². The van der Waals surface area contributed by atoms with Gasteiger partial charge in [-0.2, -0.15) is 0 Å². The molecule has 0 amide bonds. The first-order valence-electron chi connectivity index (χ1n) is 4.54. The molecule has 0 spiro atoms. The second-order valence-corrected chi connectivity index (χ2v) is 3.23. The largest absolute Gasteiger partial charge is 0.371 e. The van der Waals surface area contributed by atoms with Crippen LogP contribution < -0.4 is 5.32 Å². The zero-order valence-electron chi connectivity index (χ0n) is 8.00. The van der Waals surface area contributed by atoms with Gasteiger partial charge in [-0.25, -0.2) is 8.78 Å². The number of hydrogen-bond acceptors (Lipinski definition) is 2. The molecule has 1 N–H and O–H groups in total. The molecule has 1 aliphatic rings. The molecule has 1 heterocycles. The molecule has 1 unspecified atom stereocenters. The molecular formula is C10H12ClF2NO. The van der Waals surface area contributed by atoms with Gasteiger partial charge in [0.1, 0.15) is 11.6 Å². The van der Waals surface area contributed by atoms with Gasteiger partial charge >= 0.3 is 0 Å². The van der Waals surface area contributed by atoms with Crippen LogP contribution in [0, 0.1) is 11.6 Å². The number of morpholine rings is 1. The first kappa shape index (κ1) is 12.4. The van der Waals surface area contributed by atoms with E-state index < -0.39 is 11.6 Å². The minimum absolute atomic E-state index is 0. The molecule has 2 rings (SSSR count). The summed E-state index contributed by atoms with van der Waals surface area (Å²) < 4.78 is 31.3. The van der Waals surface area contributed by atoms with Crippen molar-refractivity contribution in [3.05, 3.63) is 35.4 Å². The van der Waals surface area contributed by atoms with E-state index in [1.807, 2.05) is 0 Å². The molecule has 5 heteroatoms. The van der Waals surface area contributed by atoms with Crippen molar-refractivity contribution >= 4 is 12.4 Å². The van der Waals surface area contributed by atoms with E-state index in [-0.39, 0.29) is 18.5 Å². The topological polar surface area (TPSA) is 21.3 Å². The summed E-state index contributed by atoms with van der Waals surface area (Å²) in [4.78, 5) is 0. The Hall–Kier alpha value is -0.710. The van der Waals surface area contributed by atoms with E-state index in [1.165, 1.54) is 12.1 Å². The van der Waals surface area contributed by atoms with Gasteiger partial charge < -0.3 is 10.1 Å². The summed E-state index contributed by atoms with van der Waals surface area (Å²) in [5.74, 6) is -1.10. The van der Waals surface area contributed by atoms with E-state index in [4.69, 9.17) is 4.74 Å². The number of rotatable bonds is 1. The highest BCUT2D eigenvalue weighted by molar-refractivity contribution is 5.85. The molecule has 0 saturated carbocycles. The first-order valence-corrected chi connectivity index (χ1v) is 4.54. The minimum Gasteiger partial charge on any atom is -0.371 e. The van der Waals surface area contributed by atoms with Gasteiger partial charge in [0.05, 0.1) is 12.7 Å². The van der Waals surface area contributed by atoms with Crippen LogP contribution in [0.5, 0.6) is 0 Å². The second kappa shape index (κ2) is 5.39. The Labute approximate surface area is 93.0 Å². The fraction of sp³-hybridized carbons (Fsp3) is 0.400. The Morgan fingerprint density at radius 2 is 2.13 bits per heavy atom. The first-order chi connectivity index (χ1) is 6.77. The second-order valence-electron chi connectivity index (χ2n) is 3.23. The lowest BCUT2D eigenvalue weighted by Crippen LogP contribution is -2.33. The third-order valence-corrected chi connectivity index (χ3v) is 2.24. The lowest BCUT2D eigenvalue weighted by atomic mass is 10.1. The molecule has 2 nitrogen and oxygen atoms in total. The number of hydrogen-bond donors (Lipinski definition) is 1. The Morgan fingerprint density at radius 3 is 2.73 bits per heavy atom. The molecule has 15 heavy (non-hydrogen) atoms. The van der Waals surface area contributed by atoms with Gasteiger partial charge in [-0.3, -0.25) is 0 Å². The summed E-state index contributed by atoms with van der Waals surface area (Å²) in [5, 5.41) is 3.09. The summed E-state index contributed by atoms with van der Waals surface area (Å²) in [7, 11) is 0. The summed E-state index contributed by atoms with van der Waals surface area (Å²) >= 11 is 0. The fourth-order valence-corrected chi connectivity index (χ4v) is 1.53. The number of ether oxygens (including phenoxy) is 1. The third-order valence-electron chi connectivity index (χ3n) is 2.24. The van der Waals surface area contributed by atoms with Gasteiger partial charge in [0.15, 0.2) is 0 Å². The van der Waals surface area contributed by atoms with Crippen molar-refractivity contribution in [1.82, 2.24) is 5.32 Å². The van der Waals surface area contributed by atoms with Gasteiger partial charge in [0.25, 0.3) is 0 Å². The van der Waals surface area contributed by atoms with Crippen LogP contribution in [-0.2, 0) is 4.74 Å². The van der Waals surface area contributed by atoms with Crippen LogP contribution in [-0.4, -0.2) is 19.7 Å². The highest BCUT2D eigenvalue weighted by Gasteiger charge is 2.19. The van der Waals surface area contributed by atoms with Gasteiger partial charge in [-0.15, -0.1) is 12.4 Å². The van der Waals surface area contributed by atoms with Crippen LogP contribution in [0.15, 0.2) is 18.2 Å². The molecule has 1 aliphatic heterocycles. The van der Waals surface area contributed by atoms with Gasteiger partial charge in [0.2, 0.25) is 0 Å². The maximum Gasteiger partial charge on any atom is 0.131 e. The maximum absolute atomic E-state index is 13.3. The molecule has 84 valence electrons. The molecule has 1 fully saturated rings. The van der Waals surface area contributed by atoms with Gasteiger partial charge in [0, 0.05) is 24.7 Å². The zero-order valence-corrected chi connectivity index (χ0v) is 8.82. The number of nitrogens with one attached hydrogen (secondary N) is 1. The van der Waals surface area contributed by atoms with Crippen LogP contribution in [0.4, 0.5) is 8.78 Å². The summed E-state index contributed by atoms with van der Waals surface area (Å²) in [6, 6.07) is 3.56. The van der Waals surface area contributed by atoms with Gasteiger partial charge in [-0.1, -0.05) is 6.07 Å². The molecule has 0 aliphatic carbocycles. The monoisotopic (exact) mass is 235 g/mol. The Bertz CT molecular complexity index is 329. The predicted octanol–water partition coefficient (Wildman–Crippen LogP) is 2.05. The van der Waals surface area contributed by atoms with Crippen molar-refractivity contribution in [2.24, 2.45) is 0 Å². The van der Waals surface area contributed by atoms with Crippen molar-refractivity contribution in [1.29, 1.82) is 0 Å². The normalized spacial score (nSPS) is 20.8. The molecule has 1 aromatic carbocycles. The number of halogens is 3. The van der Waals surface area contributed by atoms with Crippen LogP contribution >= 0.6 is 12.4 Å². The van der Waals surface area contributed by atoms with Crippen LogP contribution in [0.1, 0.15) is 11.7 Å². The SMILES string of the molecule is Cl.Fc1ccc(C2CNCCO2)c(F)c1. The fourth-order valence-electron chi connectivity index (χ4n) is 1.53. The Balaban J connectivity index is 0.00000112. The molecule has 0 aromatic heterocycles. The molecule has 0 radical (unpaired) electrons. The predicted molar refractivity (Wildman–Crippen MR) is 55.2 cm³/mol. The average molecular weight is 236 g/mol. The highest BCUT2D eigenvalue weighted by atomic mass is 35.5. The van der Waals surface area contributed by atoms with Crippen molar-refractivity contribution in [3.8, 4) is 0 Å². The summed E-state index contributed by atoms with van der Waals surface area (Å²) in [5.41, 5.74) is 0.415. The van der Waals surface area contributed by atoms with Crippen LogP contribution in [0.3, 0.4) is 0 Å². The molecule has 0 bridgehead atoms. The van der Waals surface area contributed by atoms with E-state index in [2.05, 4.69) is 5.32 Å². The smallest absolute Gasteiger partial charge is 0.131 e. The molecule has 1 saturated heterocycles. The van der Waals surface area contributed by atoms with E-state index >= 15 is 0 Å². The lowest BCUT2D eigenvalue weighted by Gasteiger charge is -2.24. The van der Waals surface area contributed by atoms with Crippen LogP contribution in [0.2, 0.25) is 0 Å². The van der Waals surface area contributed by atoms with Crippen LogP contribution in [0.25, 0.3) is 0 Å². The zero-order chi connectivity index (χ0) is 9.97. The van der Waals surface area contributed by atoms with Crippen molar-refractivity contribution in [3.63, 3.8) is 0 Å². The van der Waals surface area contributed by atoms with E-state index in [0.717, 1.165) is 12.6 Å². The third kappa shape index (κ3) is 2.87. The molecular weight excluding hydrogens is 224 g/mol. The quantitative estimate of drug-likeness (QED) is 0.805. The summed E-state index contributed by atoms with van der Waals surface area (Å²) in [6.45, 7) is 1.91. The van der Waals surface area contributed by atoms with E-state index in [1.54, 1.807) is 0 Å².